The lowest BCUT2D eigenvalue weighted by atomic mass is 10.1. The highest BCUT2D eigenvalue weighted by atomic mass is 16.5. The molecule has 4 aromatic rings. The summed E-state index contributed by atoms with van der Waals surface area (Å²) in [4.78, 5) is 22.1. The van der Waals surface area contributed by atoms with Crippen LogP contribution in [0.4, 0.5) is 5.95 Å². The van der Waals surface area contributed by atoms with Crippen LogP contribution in [0.5, 0.6) is 5.75 Å². The number of anilines is 1. The molecule has 8 heteroatoms. The molecule has 164 valence electrons. The Balaban J connectivity index is 1.58. The van der Waals surface area contributed by atoms with Gasteiger partial charge in [0.2, 0.25) is 11.9 Å². The van der Waals surface area contributed by atoms with Crippen molar-refractivity contribution in [2.24, 2.45) is 0 Å². The molecule has 3 heterocycles. The molecule has 0 bridgehead atoms. The lowest BCUT2D eigenvalue weighted by molar-refractivity contribution is -0.121. The standard InChI is InChI=1S/C24H26N6O2/c1-15(2)32-17-12-10-16(11-13-17)21-28-22-18-7-3-4-8-19(18)26-24(30(22)29-21)27-20-9-5-6-14-25-23(20)31/h3-4,7-8,10-13,15,20H,5-6,9,14H2,1-2H3,(H,25,31)(H,26,27)/t20-/m1/s1. The molecule has 0 aliphatic carbocycles. The summed E-state index contributed by atoms with van der Waals surface area (Å²) in [5.41, 5.74) is 2.38. The maximum absolute atomic E-state index is 12.5. The molecular weight excluding hydrogens is 404 g/mol. The highest BCUT2D eigenvalue weighted by Crippen LogP contribution is 2.26. The second-order valence-corrected chi connectivity index (χ2v) is 8.30. The summed E-state index contributed by atoms with van der Waals surface area (Å²) in [7, 11) is 0. The Morgan fingerprint density at radius 3 is 2.72 bits per heavy atom. The number of ether oxygens (including phenoxy) is 1. The average molecular weight is 431 g/mol. The van der Waals surface area contributed by atoms with Crippen LogP contribution in [-0.4, -0.2) is 44.2 Å². The molecule has 1 fully saturated rings. The first-order valence-corrected chi connectivity index (χ1v) is 11.1. The predicted molar refractivity (Wildman–Crippen MR) is 124 cm³/mol. The zero-order chi connectivity index (χ0) is 22.1. The van der Waals surface area contributed by atoms with Gasteiger partial charge in [-0.2, -0.15) is 4.52 Å². The van der Waals surface area contributed by atoms with E-state index in [1.165, 1.54) is 0 Å². The Hall–Kier alpha value is -3.68. The molecule has 1 aliphatic rings. The van der Waals surface area contributed by atoms with Gasteiger partial charge in [0.15, 0.2) is 11.5 Å². The first-order valence-electron chi connectivity index (χ1n) is 11.1. The van der Waals surface area contributed by atoms with Crippen molar-refractivity contribution < 1.29 is 9.53 Å². The summed E-state index contributed by atoms with van der Waals surface area (Å²) < 4.78 is 7.44. The summed E-state index contributed by atoms with van der Waals surface area (Å²) in [6.45, 7) is 4.71. The van der Waals surface area contributed by atoms with Crippen molar-refractivity contribution in [1.29, 1.82) is 0 Å². The van der Waals surface area contributed by atoms with Gasteiger partial charge in [-0.05, 0) is 69.5 Å². The number of nitrogens with zero attached hydrogens (tertiary/aromatic N) is 4. The van der Waals surface area contributed by atoms with Crippen LogP contribution in [0.25, 0.3) is 27.9 Å². The molecule has 1 saturated heterocycles. The summed E-state index contributed by atoms with van der Waals surface area (Å²) >= 11 is 0. The number of benzene rings is 2. The normalized spacial score (nSPS) is 16.8. The SMILES string of the molecule is CC(C)Oc1ccc(-c2nc3c4ccccc4nc(N[C@@H]4CCCCNC4=O)n3n2)cc1. The fourth-order valence-electron chi connectivity index (χ4n) is 3.96. The molecule has 2 aromatic carbocycles. The zero-order valence-electron chi connectivity index (χ0n) is 18.2. The summed E-state index contributed by atoms with van der Waals surface area (Å²) in [6, 6.07) is 15.2. The minimum atomic E-state index is -0.352. The second kappa shape index (κ2) is 8.45. The van der Waals surface area contributed by atoms with Gasteiger partial charge in [0.05, 0.1) is 11.6 Å². The van der Waals surface area contributed by atoms with Crippen LogP contribution in [0.1, 0.15) is 33.1 Å². The number of aromatic nitrogens is 4. The van der Waals surface area contributed by atoms with Crippen LogP contribution in [0, 0.1) is 0 Å². The number of amides is 1. The maximum Gasteiger partial charge on any atom is 0.242 e. The van der Waals surface area contributed by atoms with Gasteiger partial charge in [0.1, 0.15) is 11.8 Å². The van der Waals surface area contributed by atoms with E-state index in [9.17, 15) is 4.79 Å². The molecule has 2 N–H and O–H groups in total. The third-order valence-electron chi connectivity index (χ3n) is 5.50. The topological polar surface area (TPSA) is 93.4 Å². The van der Waals surface area contributed by atoms with E-state index >= 15 is 0 Å². The molecule has 1 amide bonds. The van der Waals surface area contributed by atoms with Crippen molar-refractivity contribution >= 4 is 28.4 Å². The molecule has 0 unspecified atom stereocenters. The molecule has 0 spiro atoms. The predicted octanol–water partition coefficient (Wildman–Crippen LogP) is 3.81. The van der Waals surface area contributed by atoms with Crippen LogP contribution in [-0.2, 0) is 4.79 Å². The first-order chi connectivity index (χ1) is 15.6. The maximum atomic E-state index is 12.5. The van der Waals surface area contributed by atoms with Gasteiger partial charge >= 0.3 is 0 Å². The van der Waals surface area contributed by atoms with Crippen LogP contribution in [0.3, 0.4) is 0 Å². The average Bonchev–Trinajstić information content (AvgIpc) is 3.14. The molecular formula is C24H26N6O2. The largest absolute Gasteiger partial charge is 0.491 e. The van der Waals surface area contributed by atoms with Crippen molar-refractivity contribution in [2.45, 2.75) is 45.3 Å². The highest BCUT2D eigenvalue weighted by molar-refractivity contribution is 5.93. The van der Waals surface area contributed by atoms with E-state index < -0.39 is 0 Å². The number of rotatable bonds is 5. The lowest BCUT2D eigenvalue weighted by Gasteiger charge is -2.16. The minimum Gasteiger partial charge on any atom is -0.491 e. The van der Waals surface area contributed by atoms with Gasteiger partial charge < -0.3 is 15.4 Å². The molecule has 8 nitrogen and oxygen atoms in total. The van der Waals surface area contributed by atoms with Crippen LogP contribution < -0.4 is 15.4 Å². The van der Waals surface area contributed by atoms with E-state index in [0.717, 1.165) is 41.5 Å². The fourth-order valence-corrected chi connectivity index (χ4v) is 3.96. The number of hydrogen-bond donors (Lipinski definition) is 2. The van der Waals surface area contributed by atoms with Gasteiger partial charge in [0, 0.05) is 17.5 Å². The van der Waals surface area contributed by atoms with E-state index in [4.69, 9.17) is 19.8 Å². The Kier molecular flexibility index (Phi) is 5.34. The van der Waals surface area contributed by atoms with Crippen molar-refractivity contribution in [3.63, 3.8) is 0 Å². The molecule has 0 saturated carbocycles. The summed E-state index contributed by atoms with van der Waals surface area (Å²) in [5, 5.41) is 11.9. The van der Waals surface area contributed by atoms with Crippen molar-refractivity contribution in [1.82, 2.24) is 24.9 Å². The number of carbonyl (C=O) groups is 1. The van der Waals surface area contributed by atoms with Gasteiger partial charge in [-0.1, -0.05) is 12.1 Å². The third-order valence-corrected chi connectivity index (χ3v) is 5.50. The van der Waals surface area contributed by atoms with Crippen LogP contribution in [0.2, 0.25) is 0 Å². The van der Waals surface area contributed by atoms with Crippen LogP contribution >= 0.6 is 0 Å². The molecule has 5 rings (SSSR count). The van der Waals surface area contributed by atoms with E-state index in [1.54, 1.807) is 4.52 Å². The van der Waals surface area contributed by atoms with Gasteiger partial charge in [0.25, 0.3) is 0 Å². The zero-order valence-corrected chi connectivity index (χ0v) is 18.2. The molecule has 32 heavy (non-hydrogen) atoms. The van der Waals surface area contributed by atoms with Gasteiger partial charge in [-0.15, -0.1) is 5.10 Å². The van der Waals surface area contributed by atoms with Crippen molar-refractivity contribution in [3.05, 3.63) is 48.5 Å². The number of hydrogen-bond acceptors (Lipinski definition) is 6. The smallest absolute Gasteiger partial charge is 0.242 e. The lowest BCUT2D eigenvalue weighted by Crippen LogP contribution is -2.38. The van der Waals surface area contributed by atoms with Gasteiger partial charge in [-0.3, -0.25) is 4.79 Å². The van der Waals surface area contributed by atoms with Crippen LogP contribution in [0.15, 0.2) is 48.5 Å². The van der Waals surface area contributed by atoms with Gasteiger partial charge in [-0.25, -0.2) is 9.97 Å². The summed E-state index contributed by atoms with van der Waals surface area (Å²) in [6.07, 6.45) is 2.82. The Labute approximate surface area is 186 Å². The molecule has 1 aliphatic heterocycles. The fraction of sp³-hybridized carbons (Fsp3) is 0.333. The quantitative estimate of drug-likeness (QED) is 0.500. The van der Waals surface area contributed by atoms with E-state index in [-0.39, 0.29) is 18.1 Å². The minimum absolute atomic E-state index is 0.00770. The number of para-hydroxylation sites is 1. The Bertz CT molecular complexity index is 1260. The molecule has 0 radical (unpaired) electrons. The Morgan fingerprint density at radius 2 is 1.91 bits per heavy atom. The Morgan fingerprint density at radius 1 is 1.09 bits per heavy atom. The van der Waals surface area contributed by atoms with E-state index in [0.29, 0.717) is 24.0 Å². The number of fused-ring (bicyclic) bond motifs is 3. The summed E-state index contributed by atoms with van der Waals surface area (Å²) in [5.74, 6) is 1.90. The highest BCUT2D eigenvalue weighted by Gasteiger charge is 2.23. The first kappa shape index (κ1) is 20.2. The molecule has 2 aromatic heterocycles. The second-order valence-electron chi connectivity index (χ2n) is 8.30. The monoisotopic (exact) mass is 430 g/mol. The van der Waals surface area contributed by atoms with E-state index in [2.05, 4.69) is 10.6 Å². The van der Waals surface area contributed by atoms with Crippen molar-refractivity contribution in [3.8, 4) is 17.1 Å². The van der Waals surface area contributed by atoms with E-state index in [1.807, 2.05) is 62.4 Å². The van der Waals surface area contributed by atoms with Crippen molar-refractivity contribution in [2.75, 3.05) is 11.9 Å². The molecule has 1 atom stereocenters. The third kappa shape index (κ3) is 3.95. The number of nitrogens with one attached hydrogen (secondary N) is 2. The number of carbonyl (C=O) groups excluding carboxylic acids is 1.